The van der Waals surface area contributed by atoms with Gasteiger partial charge in [-0.15, -0.1) is 0 Å². The highest BCUT2D eigenvalue weighted by atomic mass is 31.2. The minimum absolute atomic E-state index is 0.0950. The molecular formula is C12H26O6P2. The smallest absolute Gasteiger partial charge is 0.231 e. The summed E-state index contributed by atoms with van der Waals surface area (Å²) in [5.74, 6) is -4.36. The lowest BCUT2D eigenvalue weighted by atomic mass is 10.3. The third-order valence-electron chi connectivity index (χ3n) is 2.90. The van der Waals surface area contributed by atoms with Crippen LogP contribution in [0.5, 0.6) is 0 Å². The lowest BCUT2D eigenvalue weighted by Gasteiger charge is -2.29. The highest BCUT2D eigenvalue weighted by molar-refractivity contribution is 7.81. The lowest BCUT2D eigenvalue weighted by Crippen LogP contribution is -2.31. The van der Waals surface area contributed by atoms with E-state index in [0.717, 1.165) is 6.92 Å². The van der Waals surface area contributed by atoms with Crippen LogP contribution in [0.15, 0.2) is 0 Å². The summed E-state index contributed by atoms with van der Waals surface area (Å²) in [6.07, 6.45) is -0.299. The fraction of sp³-hybridized carbons (Fsp3) is 0.917. The third-order valence-corrected chi connectivity index (χ3v) is 8.98. The molecule has 0 radical (unpaired) electrons. The number of carbonyl (C=O) groups excluding carboxylic acids is 1. The molecule has 0 aromatic heterocycles. The molecule has 0 aliphatic rings. The standard InChI is InChI=1S/C12H26O6P2/c1-8(2)6-19(16,10(5)13)11(14)12(15)20(17,18)7-9(3)4/h8-9,11-12,14-15H,6-7H2,1-5H3,(H,17,18). The molecule has 0 saturated carbocycles. The van der Waals surface area contributed by atoms with Crippen molar-refractivity contribution in [2.24, 2.45) is 11.8 Å². The van der Waals surface area contributed by atoms with Gasteiger partial charge in [-0.1, -0.05) is 27.7 Å². The molecule has 0 heterocycles. The maximum absolute atomic E-state index is 12.6. The zero-order valence-corrected chi connectivity index (χ0v) is 14.5. The Balaban J connectivity index is 5.38. The zero-order chi connectivity index (χ0) is 16.3. The number of hydrogen-bond donors (Lipinski definition) is 3. The summed E-state index contributed by atoms with van der Waals surface area (Å²) in [6.45, 7) is 7.91. The summed E-state index contributed by atoms with van der Waals surface area (Å²) in [4.78, 5) is 21.4. The SMILES string of the molecule is CC(=O)P(=O)(CC(C)C)C(O)C(O)P(=O)(O)CC(C)C. The second kappa shape index (κ2) is 7.33. The molecule has 0 aliphatic heterocycles. The molecule has 120 valence electrons. The van der Waals surface area contributed by atoms with E-state index >= 15 is 0 Å². The molecule has 0 saturated heterocycles. The fourth-order valence-corrected chi connectivity index (χ4v) is 7.33. The quantitative estimate of drug-likeness (QED) is 0.588. The van der Waals surface area contributed by atoms with Crippen molar-refractivity contribution in [1.82, 2.24) is 0 Å². The van der Waals surface area contributed by atoms with E-state index in [1.807, 2.05) is 0 Å². The summed E-state index contributed by atoms with van der Waals surface area (Å²) in [5.41, 5.74) is -0.734. The van der Waals surface area contributed by atoms with Crippen molar-refractivity contribution in [3.05, 3.63) is 0 Å². The van der Waals surface area contributed by atoms with Gasteiger partial charge in [-0.3, -0.25) is 9.36 Å². The molecule has 0 fully saturated rings. The van der Waals surface area contributed by atoms with Gasteiger partial charge in [-0.05, 0) is 11.8 Å². The van der Waals surface area contributed by atoms with Crippen LogP contribution in [0.3, 0.4) is 0 Å². The van der Waals surface area contributed by atoms with Crippen LogP contribution in [-0.4, -0.2) is 44.6 Å². The van der Waals surface area contributed by atoms with Crippen LogP contribution in [-0.2, 0) is 13.9 Å². The molecule has 3 N–H and O–H groups in total. The molecule has 8 heteroatoms. The molecule has 4 unspecified atom stereocenters. The van der Waals surface area contributed by atoms with Crippen molar-refractivity contribution in [3.63, 3.8) is 0 Å². The molecule has 20 heavy (non-hydrogen) atoms. The monoisotopic (exact) mass is 328 g/mol. The van der Waals surface area contributed by atoms with Crippen molar-refractivity contribution < 1.29 is 29.0 Å². The first-order valence-electron chi connectivity index (χ1n) is 6.62. The van der Waals surface area contributed by atoms with E-state index in [2.05, 4.69) is 0 Å². The Morgan fingerprint density at radius 3 is 1.65 bits per heavy atom. The number of carbonyl (C=O) groups is 1. The average Bonchev–Trinajstić information content (AvgIpc) is 2.23. The summed E-state index contributed by atoms with van der Waals surface area (Å²) in [7, 11) is -7.89. The van der Waals surface area contributed by atoms with Gasteiger partial charge in [0.05, 0.1) is 0 Å². The Bertz CT molecular complexity index is 432. The predicted octanol–water partition coefficient (Wildman–Crippen LogP) is 2.12. The normalized spacial score (nSPS) is 21.3. The van der Waals surface area contributed by atoms with Crippen LogP contribution in [0, 0.1) is 11.8 Å². The van der Waals surface area contributed by atoms with Gasteiger partial charge >= 0.3 is 0 Å². The van der Waals surface area contributed by atoms with E-state index in [9.17, 15) is 29.0 Å². The van der Waals surface area contributed by atoms with Crippen LogP contribution in [0.2, 0.25) is 0 Å². The molecule has 0 aromatic carbocycles. The summed E-state index contributed by atoms with van der Waals surface area (Å²) < 4.78 is 24.6. The Hall–Kier alpha value is 0.01000. The first-order chi connectivity index (χ1) is 8.84. The average molecular weight is 328 g/mol. The minimum atomic E-state index is -4.09. The topological polar surface area (TPSA) is 112 Å². The minimum Gasteiger partial charge on any atom is -0.382 e. The van der Waals surface area contributed by atoms with Crippen molar-refractivity contribution >= 4 is 20.0 Å². The molecular weight excluding hydrogens is 302 g/mol. The Morgan fingerprint density at radius 1 is 0.950 bits per heavy atom. The maximum atomic E-state index is 12.6. The number of aliphatic hydroxyl groups is 2. The van der Waals surface area contributed by atoms with Crippen molar-refractivity contribution in [2.75, 3.05) is 12.3 Å². The van der Waals surface area contributed by atoms with Gasteiger partial charge in [0.2, 0.25) is 7.37 Å². The van der Waals surface area contributed by atoms with Crippen molar-refractivity contribution in [3.8, 4) is 0 Å². The van der Waals surface area contributed by atoms with Gasteiger partial charge in [0, 0.05) is 19.2 Å². The lowest BCUT2D eigenvalue weighted by molar-refractivity contribution is -0.110. The van der Waals surface area contributed by atoms with E-state index in [4.69, 9.17) is 0 Å². The number of hydrogen-bond acceptors (Lipinski definition) is 5. The molecule has 6 nitrogen and oxygen atoms in total. The molecule has 0 rings (SSSR count). The predicted molar refractivity (Wildman–Crippen MR) is 79.5 cm³/mol. The second-order valence-corrected chi connectivity index (χ2v) is 11.6. The van der Waals surface area contributed by atoms with Crippen LogP contribution in [0.25, 0.3) is 0 Å². The van der Waals surface area contributed by atoms with Crippen LogP contribution < -0.4 is 0 Å². The number of aliphatic hydroxyl groups excluding tert-OH is 2. The second-order valence-electron chi connectivity index (χ2n) is 6.05. The molecule has 0 amide bonds. The largest absolute Gasteiger partial charge is 0.382 e. The van der Waals surface area contributed by atoms with Gasteiger partial charge in [-0.25, -0.2) is 0 Å². The van der Waals surface area contributed by atoms with E-state index in [-0.39, 0.29) is 24.2 Å². The summed E-state index contributed by atoms with van der Waals surface area (Å²) in [5, 5.41) is 19.9. The van der Waals surface area contributed by atoms with Crippen molar-refractivity contribution in [2.45, 2.75) is 46.3 Å². The third kappa shape index (κ3) is 5.09. The highest BCUT2D eigenvalue weighted by Crippen LogP contribution is 2.60. The van der Waals surface area contributed by atoms with E-state index in [0.29, 0.717) is 0 Å². The molecule has 0 bridgehead atoms. The first-order valence-corrected chi connectivity index (χ1v) is 10.5. The van der Waals surface area contributed by atoms with Gasteiger partial charge in [0.1, 0.15) is 5.85 Å². The van der Waals surface area contributed by atoms with Crippen molar-refractivity contribution in [1.29, 1.82) is 0 Å². The zero-order valence-electron chi connectivity index (χ0n) is 12.7. The molecule has 4 atom stereocenters. The Morgan fingerprint density at radius 2 is 1.35 bits per heavy atom. The van der Waals surface area contributed by atoms with E-state index in [1.165, 1.54) is 0 Å². The van der Waals surface area contributed by atoms with E-state index in [1.54, 1.807) is 27.7 Å². The van der Waals surface area contributed by atoms with Crippen LogP contribution in [0.4, 0.5) is 0 Å². The van der Waals surface area contributed by atoms with Crippen LogP contribution in [0.1, 0.15) is 34.6 Å². The maximum Gasteiger partial charge on any atom is 0.231 e. The summed E-state index contributed by atoms with van der Waals surface area (Å²) >= 11 is 0. The molecule has 0 spiro atoms. The van der Waals surface area contributed by atoms with E-state index < -0.39 is 31.7 Å². The van der Waals surface area contributed by atoms with Gasteiger partial charge in [-0.2, -0.15) is 0 Å². The number of rotatable bonds is 8. The van der Waals surface area contributed by atoms with Gasteiger partial charge in [0.25, 0.3) is 0 Å². The highest BCUT2D eigenvalue weighted by Gasteiger charge is 2.47. The van der Waals surface area contributed by atoms with Gasteiger partial charge in [0.15, 0.2) is 18.5 Å². The van der Waals surface area contributed by atoms with Crippen LogP contribution >= 0.6 is 14.5 Å². The molecule has 0 aromatic rings. The first kappa shape index (κ1) is 20.0. The Labute approximate surface area is 120 Å². The fourth-order valence-electron chi connectivity index (χ4n) is 2.02. The Kier molecular flexibility index (Phi) is 7.33. The van der Waals surface area contributed by atoms with Gasteiger partial charge < -0.3 is 19.7 Å². The summed E-state index contributed by atoms with van der Waals surface area (Å²) in [6, 6.07) is 0. The molecule has 0 aliphatic carbocycles.